The number of nitrogens with one attached hydrogen (secondary N) is 1. The lowest BCUT2D eigenvalue weighted by Crippen LogP contribution is -2.27. The average molecular weight is 363 g/mol. The zero-order chi connectivity index (χ0) is 18.0. The molecule has 134 valence electrons. The fourth-order valence-corrected chi connectivity index (χ4v) is 4.76. The minimum absolute atomic E-state index is 0.0722. The van der Waals surface area contributed by atoms with Crippen molar-refractivity contribution in [1.29, 1.82) is 0 Å². The van der Waals surface area contributed by atoms with Crippen LogP contribution in [0.25, 0.3) is 0 Å². The van der Waals surface area contributed by atoms with Gasteiger partial charge in [0.1, 0.15) is 5.76 Å². The van der Waals surface area contributed by atoms with Gasteiger partial charge in [-0.3, -0.25) is 4.79 Å². The lowest BCUT2D eigenvalue weighted by molar-refractivity contribution is -0.124. The fourth-order valence-electron chi connectivity index (χ4n) is 3.02. The number of furan rings is 1. The number of rotatable bonds is 5. The number of aromatic nitrogens is 1. The van der Waals surface area contributed by atoms with Crippen LogP contribution in [0.2, 0.25) is 0 Å². The first-order valence-electron chi connectivity index (χ1n) is 8.08. The molecule has 1 saturated heterocycles. The Labute approximate surface area is 146 Å². The summed E-state index contributed by atoms with van der Waals surface area (Å²) in [7, 11) is -3.08. The molecule has 2 aromatic heterocycles. The monoisotopic (exact) mass is 363 g/mol. The predicted molar refractivity (Wildman–Crippen MR) is 94.2 cm³/mol. The molecule has 1 aliphatic heterocycles. The van der Waals surface area contributed by atoms with Crippen LogP contribution in [0.5, 0.6) is 0 Å². The fraction of sp³-hybridized carbons (Fsp3) is 0.412. The Kier molecular flexibility index (Phi) is 4.80. The number of hydrogen-bond donors (Lipinski definition) is 1. The van der Waals surface area contributed by atoms with Crippen LogP contribution in [0, 0.1) is 19.8 Å². The van der Waals surface area contributed by atoms with E-state index in [1.165, 1.54) is 0 Å². The molecule has 0 unspecified atom stereocenters. The Balaban J connectivity index is 1.65. The molecule has 1 N–H and O–H groups in total. The molecule has 0 aromatic carbocycles. The van der Waals surface area contributed by atoms with Crippen LogP contribution < -0.4 is 5.43 Å². The first-order chi connectivity index (χ1) is 11.9. The maximum absolute atomic E-state index is 12.0. The van der Waals surface area contributed by atoms with Crippen molar-refractivity contribution < 1.29 is 17.6 Å². The van der Waals surface area contributed by atoms with E-state index >= 15 is 0 Å². The zero-order valence-electron chi connectivity index (χ0n) is 14.2. The molecule has 1 fully saturated rings. The molecule has 1 amide bonds. The highest BCUT2D eigenvalue weighted by molar-refractivity contribution is 7.91. The van der Waals surface area contributed by atoms with E-state index in [9.17, 15) is 13.2 Å². The Bertz CT molecular complexity index is 895. The molecule has 1 atom stereocenters. The molecular formula is C17H21N3O4S. The summed E-state index contributed by atoms with van der Waals surface area (Å²) in [4.78, 5) is 12.0. The molecule has 0 spiro atoms. The van der Waals surface area contributed by atoms with Crippen LogP contribution >= 0.6 is 0 Å². The number of nitrogens with zero attached hydrogens (tertiary/aromatic N) is 2. The Morgan fingerprint density at radius 3 is 2.92 bits per heavy atom. The number of carbonyl (C=O) groups is 1. The van der Waals surface area contributed by atoms with Crippen LogP contribution in [0.4, 0.5) is 0 Å². The lowest BCUT2D eigenvalue weighted by atomic mass is 10.1. The minimum Gasteiger partial charge on any atom is -0.467 e. The molecule has 0 bridgehead atoms. The lowest BCUT2D eigenvalue weighted by Gasteiger charge is -2.07. The van der Waals surface area contributed by atoms with Gasteiger partial charge in [0.2, 0.25) is 5.91 Å². The third-order valence-electron chi connectivity index (χ3n) is 4.49. The van der Waals surface area contributed by atoms with Gasteiger partial charge in [-0.25, -0.2) is 13.8 Å². The molecule has 0 radical (unpaired) electrons. The second kappa shape index (κ2) is 6.87. The van der Waals surface area contributed by atoms with Crippen LogP contribution in [-0.2, 0) is 21.2 Å². The smallest absolute Gasteiger partial charge is 0.244 e. The van der Waals surface area contributed by atoms with E-state index in [0.717, 1.165) is 22.7 Å². The molecule has 8 heteroatoms. The van der Waals surface area contributed by atoms with E-state index in [-0.39, 0.29) is 17.4 Å². The van der Waals surface area contributed by atoms with Gasteiger partial charge in [-0.2, -0.15) is 5.10 Å². The molecule has 0 saturated carbocycles. The van der Waals surface area contributed by atoms with Crippen molar-refractivity contribution in [2.75, 3.05) is 11.5 Å². The van der Waals surface area contributed by atoms with Gasteiger partial charge in [-0.15, -0.1) is 0 Å². The van der Waals surface area contributed by atoms with Crippen LogP contribution in [0.15, 0.2) is 34.0 Å². The number of hydrazone groups is 1. The van der Waals surface area contributed by atoms with E-state index in [4.69, 9.17) is 4.42 Å². The molecule has 3 heterocycles. The Hall–Kier alpha value is -2.35. The Morgan fingerprint density at radius 1 is 1.48 bits per heavy atom. The third-order valence-corrected chi connectivity index (χ3v) is 6.26. The first kappa shape index (κ1) is 17.5. The highest BCUT2D eigenvalue weighted by atomic mass is 32.2. The number of amides is 1. The van der Waals surface area contributed by atoms with Gasteiger partial charge in [-0.1, -0.05) is 0 Å². The predicted octanol–water partition coefficient (Wildman–Crippen LogP) is 1.63. The normalized spacial score (nSPS) is 19.5. The molecule has 1 aliphatic rings. The van der Waals surface area contributed by atoms with Gasteiger partial charge in [0.25, 0.3) is 0 Å². The standard InChI is InChI=1S/C17H21N3O4S/c1-12-8-15(13(2)20(12)10-16-4-3-6-24-16)9-18-19-17(21)14-5-7-25(22,23)11-14/h3-4,6,8-9,14H,5,7,10-11H2,1-2H3,(H,19,21)/b18-9-/t14-/m0/s1. The van der Waals surface area contributed by atoms with Crippen molar-refractivity contribution in [3.63, 3.8) is 0 Å². The van der Waals surface area contributed by atoms with E-state index < -0.39 is 15.8 Å². The highest BCUT2D eigenvalue weighted by Gasteiger charge is 2.32. The van der Waals surface area contributed by atoms with Gasteiger partial charge in [0.15, 0.2) is 9.84 Å². The first-order valence-corrected chi connectivity index (χ1v) is 9.90. The maximum atomic E-state index is 12.0. The molecular weight excluding hydrogens is 342 g/mol. The summed E-state index contributed by atoms with van der Waals surface area (Å²) in [5, 5.41) is 3.99. The summed E-state index contributed by atoms with van der Waals surface area (Å²) in [6.45, 7) is 4.60. The van der Waals surface area contributed by atoms with Crippen LogP contribution in [0.1, 0.15) is 29.1 Å². The largest absolute Gasteiger partial charge is 0.467 e. The number of sulfone groups is 1. The van der Waals surface area contributed by atoms with Gasteiger partial charge in [-0.05, 0) is 38.5 Å². The van der Waals surface area contributed by atoms with Crippen molar-refractivity contribution in [1.82, 2.24) is 9.99 Å². The van der Waals surface area contributed by atoms with E-state index in [0.29, 0.717) is 13.0 Å². The van der Waals surface area contributed by atoms with Crippen molar-refractivity contribution >= 4 is 22.0 Å². The van der Waals surface area contributed by atoms with Crippen LogP contribution in [0.3, 0.4) is 0 Å². The SMILES string of the molecule is Cc1cc(/C=N\NC(=O)[C@H]2CCS(=O)(=O)C2)c(C)n1Cc1ccco1. The highest BCUT2D eigenvalue weighted by Crippen LogP contribution is 2.18. The second-order valence-corrected chi connectivity index (χ2v) is 8.55. The third kappa shape index (κ3) is 4.01. The zero-order valence-corrected chi connectivity index (χ0v) is 15.0. The van der Waals surface area contributed by atoms with Crippen molar-refractivity contribution in [3.8, 4) is 0 Å². The van der Waals surface area contributed by atoms with Crippen molar-refractivity contribution in [2.24, 2.45) is 11.0 Å². The van der Waals surface area contributed by atoms with E-state index in [1.54, 1.807) is 12.5 Å². The molecule has 3 rings (SSSR count). The Morgan fingerprint density at radius 2 is 2.28 bits per heavy atom. The van der Waals surface area contributed by atoms with Crippen molar-refractivity contribution in [3.05, 3.63) is 47.2 Å². The molecule has 7 nitrogen and oxygen atoms in total. The van der Waals surface area contributed by atoms with E-state index in [2.05, 4.69) is 15.1 Å². The van der Waals surface area contributed by atoms with Gasteiger partial charge in [0, 0.05) is 17.0 Å². The minimum atomic E-state index is -3.08. The quantitative estimate of drug-likeness (QED) is 0.645. The van der Waals surface area contributed by atoms with E-state index in [1.807, 2.05) is 32.0 Å². The number of aryl methyl sites for hydroxylation is 1. The summed E-state index contributed by atoms with van der Waals surface area (Å²) in [6, 6.07) is 5.75. The van der Waals surface area contributed by atoms with Crippen LogP contribution in [-0.4, -0.2) is 36.6 Å². The summed E-state index contributed by atoms with van der Waals surface area (Å²) in [5.41, 5.74) is 5.41. The topological polar surface area (TPSA) is 93.7 Å². The molecule has 25 heavy (non-hydrogen) atoms. The average Bonchev–Trinajstić information content (AvgIpc) is 3.24. The van der Waals surface area contributed by atoms with Gasteiger partial charge >= 0.3 is 0 Å². The maximum Gasteiger partial charge on any atom is 0.244 e. The number of carbonyl (C=O) groups excluding carboxylic acids is 1. The summed E-state index contributed by atoms with van der Waals surface area (Å²) in [5.74, 6) is -0.00865. The van der Waals surface area contributed by atoms with Gasteiger partial charge < -0.3 is 8.98 Å². The van der Waals surface area contributed by atoms with Crippen molar-refractivity contribution in [2.45, 2.75) is 26.8 Å². The second-order valence-electron chi connectivity index (χ2n) is 6.33. The molecule has 0 aliphatic carbocycles. The summed E-state index contributed by atoms with van der Waals surface area (Å²) in [6.07, 6.45) is 3.59. The van der Waals surface area contributed by atoms with Gasteiger partial charge in [0.05, 0.1) is 36.4 Å². The summed E-state index contributed by atoms with van der Waals surface area (Å²) >= 11 is 0. The molecule has 2 aromatic rings. The summed E-state index contributed by atoms with van der Waals surface area (Å²) < 4.78 is 30.3. The number of hydrogen-bond acceptors (Lipinski definition) is 5.